The zero-order chi connectivity index (χ0) is 19.8. The third-order valence-electron chi connectivity index (χ3n) is 4.81. The number of anilines is 1. The van der Waals surface area contributed by atoms with Crippen LogP contribution in [0.4, 0.5) is 11.4 Å². The van der Waals surface area contributed by atoms with Gasteiger partial charge in [0.2, 0.25) is 11.9 Å². The fraction of sp³-hybridized carbons (Fsp3) is 0.318. The van der Waals surface area contributed by atoms with E-state index in [0.717, 1.165) is 18.5 Å². The molecule has 0 aliphatic carbocycles. The predicted octanol–water partition coefficient (Wildman–Crippen LogP) is 4.03. The van der Waals surface area contributed by atoms with E-state index in [-0.39, 0.29) is 18.5 Å². The Balaban J connectivity index is 1.86. The van der Waals surface area contributed by atoms with E-state index in [2.05, 4.69) is 15.6 Å². The Hall–Kier alpha value is -3.15. The number of benzene rings is 2. The van der Waals surface area contributed by atoms with Crippen molar-refractivity contribution in [1.29, 1.82) is 0 Å². The molecule has 6 nitrogen and oxygen atoms in total. The van der Waals surface area contributed by atoms with Crippen LogP contribution < -0.4 is 10.6 Å². The lowest BCUT2D eigenvalue weighted by atomic mass is 9.80. The minimum Gasteiger partial charge on any atom is -0.465 e. The predicted molar refractivity (Wildman–Crippen MR) is 109 cm³/mol. The molecular weight excluding hydrogens is 354 g/mol. The highest BCUT2D eigenvalue weighted by Crippen LogP contribution is 2.36. The molecule has 0 radical (unpaired) electrons. The zero-order valence-corrected chi connectivity index (χ0v) is 16.0. The third-order valence-corrected chi connectivity index (χ3v) is 4.81. The fourth-order valence-corrected chi connectivity index (χ4v) is 3.19. The van der Waals surface area contributed by atoms with Gasteiger partial charge in [-0.15, -0.1) is 0 Å². The number of ether oxygens (including phenoxy) is 1. The van der Waals surface area contributed by atoms with Crippen LogP contribution in [0.1, 0.15) is 32.6 Å². The lowest BCUT2D eigenvalue weighted by Gasteiger charge is -2.24. The highest BCUT2D eigenvalue weighted by Gasteiger charge is 2.50. The number of aliphatic imine (C=N–C) groups is 1. The summed E-state index contributed by atoms with van der Waals surface area (Å²) in [4.78, 5) is 30.1. The monoisotopic (exact) mass is 379 g/mol. The summed E-state index contributed by atoms with van der Waals surface area (Å²) in [5.41, 5.74) is 0.332. The maximum atomic E-state index is 13.1. The molecule has 0 saturated carbocycles. The van der Waals surface area contributed by atoms with Gasteiger partial charge in [-0.1, -0.05) is 56.2 Å². The number of nitrogens with zero attached hydrogens (tertiary/aromatic N) is 1. The summed E-state index contributed by atoms with van der Waals surface area (Å²) in [6.07, 6.45) is 2.54. The number of esters is 1. The van der Waals surface area contributed by atoms with Gasteiger partial charge in [0, 0.05) is 12.1 Å². The number of nitrogens with one attached hydrogen (secondary N) is 2. The number of hydrogen-bond acceptors (Lipinski definition) is 4. The number of carbonyl (C=O) groups is 2. The normalized spacial score (nSPS) is 19.2. The Bertz CT molecular complexity index is 837. The Morgan fingerprint density at radius 2 is 1.79 bits per heavy atom. The van der Waals surface area contributed by atoms with Gasteiger partial charge >= 0.3 is 5.97 Å². The molecule has 2 aromatic rings. The first-order chi connectivity index (χ1) is 13.6. The van der Waals surface area contributed by atoms with Crippen LogP contribution >= 0.6 is 0 Å². The van der Waals surface area contributed by atoms with Crippen molar-refractivity contribution in [1.82, 2.24) is 5.32 Å². The van der Waals surface area contributed by atoms with E-state index in [1.807, 2.05) is 67.6 Å². The average Bonchev–Trinajstić information content (AvgIpc) is 3.09. The highest BCUT2D eigenvalue weighted by atomic mass is 16.5. The number of carbonyl (C=O) groups excluding carboxylic acids is 2. The molecule has 2 N–H and O–H groups in total. The Kier molecular flexibility index (Phi) is 6.42. The fourth-order valence-electron chi connectivity index (χ4n) is 3.19. The van der Waals surface area contributed by atoms with E-state index in [9.17, 15) is 9.59 Å². The van der Waals surface area contributed by atoms with E-state index in [0.29, 0.717) is 18.5 Å². The lowest BCUT2D eigenvalue weighted by Crippen LogP contribution is -2.48. The summed E-state index contributed by atoms with van der Waals surface area (Å²) in [6.45, 7) is 2.30. The maximum absolute atomic E-state index is 13.1. The summed E-state index contributed by atoms with van der Waals surface area (Å²) < 4.78 is 5.15. The molecule has 28 heavy (non-hydrogen) atoms. The van der Waals surface area contributed by atoms with E-state index < -0.39 is 11.4 Å². The van der Waals surface area contributed by atoms with Crippen LogP contribution in [0.5, 0.6) is 0 Å². The second kappa shape index (κ2) is 9.17. The second-order valence-electron chi connectivity index (χ2n) is 6.81. The van der Waals surface area contributed by atoms with Crippen molar-refractivity contribution in [3.63, 3.8) is 0 Å². The summed E-state index contributed by atoms with van der Waals surface area (Å²) in [7, 11) is 0. The molecule has 1 amide bonds. The largest absolute Gasteiger partial charge is 0.465 e. The molecule has 1 atom stereocenters. The van der Waals surface area contributed by atoms with Crippen LogP contribution in [0.25, 0.3) is 0 Å². The molecule has 1 aliphatic heterocycles. The molecule has 0 spiro atoms. The third kappa shape index (κ3) is 4.57. The smallest absolute Gasteiger partial charge is 0.321 e. The minimum atomic E-state index is -1.15. The van der Waals surface area contributed by atoms with Crippen LogP contribution in [-0.2, 0) is 14.3 Å². The van der Waals surface area contributed by atoms with Gasteiger partial charge in [0.1, 0.15) is 5.41 Å². The van der Waals surface area contributed by atoms with Crippen LogP contribution in [0, 0.1) is 5.41 Å². The lowest BCUT2D eigenvalue weighted by molar-refractivity contribution is -0.152. The molecule has 2 aromatic carbocycles. The first kappa shape index (κ1) is 19.6. The van der Waals surface area contributed by atoms with E-state index >= 15 is 0 Å². The zero-order valence-electron chi connectivity index (χ0n) is 16.0. The van der Waals surface area contributed by atoms with Gasteiger partial charge < -0.3 is 10.1 Å². The number of cyclic esters (lactones) is 1. The van der Waals surface area contributed by atoms with Crippen molar-refractivity contribution in [3.05, 3.63) is 60.7 Å². The maximum Gasteiger partial charge on any atom is 0.321 e. The van der Waals surface area contributed by atoms with Gasteiger partial charge in [-0.2, -0.15) is 0 Å². The van der Waals surface area contributed by atoms with Crippen molar-refractivity contribution in [2.24, 2.45) is 10.4 Å². The van der Waals surface area contributed by atoms with Crippen LogP contribution in [0.3, 0.4) is 0 Å². The number of guanidine groups is 1. The highest BCUT2D eigenvalue weighted by molar-refractivity contribution is 6.13. The number of rotatable bonds is 6. The molecule has 0 aromatic heterocycles. The summed E-state index contributed by atoms with van der Waals surface area (Å²) in [5.74, 6) is -0.545. The molecule has 0 unspecified atom stereocenters. The SMILES string of the molecule is CCCC[C@]1(C(=O)NC(=Nc2ccccc2)Nc2ccccc2)CCOC1=O. The van der Waals surface area contributed by atoms with Gasteiger partial charge in [-0.05, 0) is 30.7 Å². The molecule has 1 saturated heterocycles. The molecule has 146 valence electrons. The average molecular weight is 379 g/mol. The Morgan fingerprint density at radius 1 is 1.11 bits per heavy atom. The van der Waals surface area contributed by atoms with Crippen LogP contribution in [-0.4, -0.2) is 24.4 Å². The van der Waals surface area contributed by atoms with Crippen molar-refractivity contribution in [2.75, 3.05) is 11.9 Å². The van der Waals surface area contributed by atoms with Crippen LogP contribution in [0.15, 0.2) is 65.7 Å². The Labute approximate surface area is 165 Å². The van der Waals surface area contributed by atoms with Gasteiger partial charge in [0.25, 0.3) is 0 Å². The second-order valence-corrected chi connectivity index (χ2v) is 6.81. The summed E-state index contributed by atoms with van der Waals surface area (Å²) in [6, 6.07) is 18.8. The quantitative estimate of drug-likeness (QED) is 0.344. The van der Waals surface area contributed by atoms with E-state index in [1.165, 1.54) is 0 Å². The molecular formula is C22H25N3O3. The van der Waals surface area contributed by atoms with Crippen molar-refractivity contribution >= 4 is 29.2 Å². The van der Waals surface area contributed by atoms with Crippen LogP contribution in [0.2, 0.25) is 0 Å². The number of para-hydroxylation sites is 2. The van der Waals surface area contributed by atoms with Gasteiger partial charge in [-0.3, -0.25) is 14.9 Å². The summed E-state index contributed by atoms with van der Waals surface area (Å²) >= 11 is 0. The molecule has 1 fully saturated rings. The number of hydrogen-bond donors (Lipinski definition) is 2. The van der Waals surface area contributed by atoms with E-state index in [1.54, 1.807) is 0 Å². The number of amides is 1. The standard InChI is InChI=1S/C22H25N3O3/c1-2-3-14-22(15-16-28-20(22)27)19(26)25-21(23-17-10-6-4-7-11-17)24-18-12-8-5-9-13-18/h4-13H,2-3,14-16H2,1H3,(H2,23,24,25,26)/t22-/m1/s1. The molecule has 3 rings (SSSR count). The Morgan fingerprint density at radius 3 is 2.39 bits per heavy atom. The first-order valence-corrected chi connectivity index (χ1v) is 9.58. The van der Waals surface area contributed by atoms with Gasteiger partial charge in [-0.25, -0.2) is 4.99 Å². The number of unbranched alkanes of at least 4 members (excludes halogenated alkanes) is 1. The topological polar surface area (TPSA) is 79.8 Å². The minimum absolute atomic E-state index is 0.271. The summed E-state index contributed by atoms with van der Waals surface area (Å²) in [5, 5.41) is 5.97. The molecule has 1 aliphatic rings. The molecule has 6 heteroatoms. The van der Waals surface area contributed by atoms with Gasteiger partial charge in [0.15, 0.2) is 0 Å². The van der Waals surface area contributed by atoms with Crippen molar-refractivity contribution in [3.8, 4) is 0 Å². The van der Waals surface area contributed by atoms with E-state index in [4.69, 9.17) is 4.74 Å². The van der Waals surface area contributed by atoms with Gasteiger partial charge in [0.05, 0.1) is 12.3 Å². The first-order valence-electron chi connectivity index (χ1n) is 9.58. The molecule has 1 heterocycles. The van der Waals surface area contributed by atoms with Crippen molar-refractivity contribution < 1.29 is 14.3 Å². The van der Waals surface area contributed by atoms with Crippen molar-refractivity contribution in [2.45, 2.75) is 32.6 Å². The molecule has 0 bridgehead atoms.